The quantitative estimate of drug-likeness (QED) is 0.642. The molecule has 1 atom stereocenters. The largest absolute Gasteiger partial charge is 0.335 e. The Hall–Kier alpha value is -2.68. The summed E-state index contributed by atoms with van der Waals surface area (Å²) in [6, 6.07) is 5.76. The number of imide groups is 1. The maximum absolute atomic E-state index is 12.9. The third-order valence-electron chi connectivity index (χ3n) is 4.36. The lowest BCUT2D eigenvalue weighted by Crippen LogP contribution is -2.45. The van der Waals surface area contributed by atoms with Gasteiger partial charge in [0.2, 0.25) is 11.1 Å². The van der Waals surface area contributed by atoms with Crippen molar-refractivity contribution in [2.75, 3.05) is 0 Å². The van der Waals surface area contributed by atoms with Gasteiger partial charge >= 0.3 is 6.03 Å². The molecule has 2 aromatic rings. The fraction of sp³-hybridized carbons (Fsp3) is 0.368. The Kier molecular flexibility index (Phi) is 6.80. The van der Waals surface area contributed by atoms with E-state index in [1.807, 2.05) is 0 Å². The molecule has 7 nitrogen and oxygen atoms in total. The van der Waals surface area contributed by atoms with Crippen LogP contribution in [0, 0.1) is 5.82 Å². The van der Waals surface area contributed by atoms with Crippen LogP contribution in [0.3, 0.4) is 0 Å². The van der Waals surface area contributed by atoms with Crippen LogP contribution in [0.1, 0.15) is 44.0 Å². The Morgan fingerprint density at radius 3 is 2.68 bits per heavy atom. The van der Waals surface area contributed by atoms with E-state index in [4.69, 9.17) is 0 Å². The van der Waals surface area contributed by atoms with Crippen molar-refractivity contribution in [3.8, 4) is 0 Å². The monoisotopic (exact) mass is 403 g/mol. The highest BCUT2D eigenvalue weighted by molar-refractivity contribution is 8.00. The molecular formula is C19H22FN5O2S. The van der Waals surface area contributed by atoms with E-state index in [-0.39, 0.29) is 11.9 Å². The topological polar surface area (TPSA) is 99.8 Å². The summed E-state index contributed by atoms with van der Waals surface area (Å²) in [4.78, 5) is 28.3. The van der Waals surface area contributed by atoms with Gasteiger partial charge in [0.1, 0.15) is 11.6 Å². The van der Waals surface area contributed by atoms with Gasteiger partial charge in [-0.15, -0.1) is 5.10 Å². The first-order valence-electron chi connectivity index (χ1n) is 9.13. The molecule has 0 radical (unpaired) electrons. The number of urea groups is 1. The number of halogens is 1. The van der Waals surface area contributed by atoms with Gasteiger partial charge in [0, 0.05) is 6.04 Å². The molecule has 28 heavy (non-hydrogen) atoms. The lowest BCUT2D eigenvalue weighted by molar-refractivity contribution is -0.119. The first-order chi connectivity index (χ1) is 13.5. The number of carbonyl (C=O) groups excluding carboxylic acids is 2. The van der Waals surface area contributed by atoms with Crippen molar-refractivity contribution in [1.82, 2.24) is 25.8 Å². The second-order valence-corrected chi connectivity index (χ2v) is 7.90. The van der Waals surface area contributed by atoms with Crippen LogP contribution in [-0.4, -0.2) is 38.4 Å². The summed E-state index contributed by atoms with van der Waals surface area (Å²) in [6.07, 6.45) is 7.61. The van der Waals surface area contributed by atoms with E-state index < -0.39 is 17.2 Å². The number of carbonyl (C=O) groups is 2. The van der Waals surface area contributed by atoms with Crippen LogP contribution in [0.2, 0.25) is 0 Å². The van der Waals surface area contributed by atoms with Gasteiger partial charge in [0.05, 0.1) is 5.25 Å². The zero-order chi connectivity index (χ0) is 19.9. The Bertz CT molecular complexity index is 846. The highest BCUT2D eigenvalue weighted by atomic mass is 32.2. The number of hydrogen-bond donors (Lipinski definition) is 3. The van der Waals surface area contributed by atoms with Gasteiger partial charge in [0.25, 0.3) is 0 Å². The van der Waals surface area contributed by atoms with Crippen molar-refractivity contribution < 1.29 is 14.0 Å². The fourth-order valence-electron chi connectivity index (χ4n) is 2.85. The maximum atomic E-state index is 12.9. The van der Waals surface area contributed by atoms with Gasteiger partial charge in [-0.2, -0.15) is 0 Å². The number of H-pyrrole nitrogens is 1. The molecule has 148 valence electrons. The fourth-order valence-corrected chi connectivity index (χ4v) is 3.58. The minimum absolute atomic E-state index is 0.152. The third kappa shape index (κ3) is 5.91. The molecule has 1 aliphatic carbocycles. The molecular weight excluding hydrogens is 381 g/mol. The number of benzene rings is 1. The molecule has 9 heteroatoms. The summed E-state index contributed by atoms with van der Waals surface area (Å²) < 4.78 is 12.9. The van der Waals surface area contributed by atoms with Gasteiger partial charge in [-0.25, -0.2) is 14.2 Å². The Morgan fingerprint density at radius 1 is 1.25 bits per heavy atom. The zero-order valence-corrected chi connectivity index (χ0v) is 16.3. The summed E-state index contributed by atoms with van der Waals surface area (Å²) in [5.41, 5.74) is 0.827. The molecule has 1 heterocycles. The van der Waals surface area contributed by atoms with Crippen LogP contribution in [0.15, 0.2) is 29.4 Å². The summed E-state index contributed by atoms with van der Waals surface area (Å²) in [5, 5.41) is 11.9. The normalized spacial score (nSPS) is 15.6. The van der Waals surface area contributed by atoms with Gasteiger partial charge < -0.3 is 5.32 Å². The molecule has 3 rings (SSSR count). The number of nitrogens with one attached hydrogen (secondary N) is 3. The van der Waals surface area contributed by atoms with Crippen LogP contribution < -0.4 is 10.6 Å². The minimum Gasteiger partial charge on any atom is -0.335 e. The average molecular weight is 403 g/mol. The van der Waals surface area contributed by atoms with E-state index in [9.17, 15) is 14.0 Å². The molecule has 0 bridgehead atoms. The van der Waals surface area contributed by atoms with E-state index >= 15 is 0 Å². The average Bonchev–Trinajstić information content (AvgIpc) is 3.33. The lowest BCUT2D eigenvalue weighted by Gasteiger charge is -2.14. The van der Waals surface area contributed by atoms with Crippen LogP contribution in [-0.2, 0) is 4.79 Å². The number of amides is 3. The standard InChI is InChI=1S/C19H22FN5O2S/c1-12(17(26)23-18(27)21-15-4-2-3-5-15)28-19-22-16(24-25-19)11-8-13-6-9-14(20)10-7-13/h6-12,15H,2-5H2,1H3,(H,22,24,25)(H2,21,23,26,27)/b11-8+. The Morgan fingerprint density at radius 2 is 1.96 bits per heavy atom. The second kappa shape index (κ2) is 9.50. The summed E-state index contributed by atoms with van der Waals surface area (Å²) in [7, 11) is 0. The summed E-state index contributed by atoms with van der Waals surface area (Å²) in [5.74, 6) is -0.174. The second-order valence-electron chi connectivity index (χ2n) is 6.59. The van der Waals surface area contributed by atoms with Crippen LogP contribution in [0.4, 0.5) is 9.18 Å². The van der Waals surface area contributed by atoms with E-state index in [1.165, 1.54) is 12.1 Å². The molecule has 1 aromatic carbocycles. The number of hydrogen-bond acceptors (Lipinski definition) is 5. The molecule has 0 aliphatic heterocycles. The van der Waals surface area contributed by atoms with Crippen molar-refractivity contribution in [2.24, 2.45) is 0 Å². The number of thioether (sulfide) groups is 1. The number of rotatable bonds is 6. The predicted molar refractivity (Wildman–Crippen MR) is 106 cm³/mol. The first kappa shape index (κ1) is 20.1. The van der Waals surface area contributed by atoms with Crippen molar-refractivity contribution in [3.05, 3.63) is 41.5 Å². The molecule has 3 N–H and O–H groups in total. The number of aromatic nitrogens is 3. The van der Waals surface area contributed by atoms with E-state index in [0.717, 1.165) is 43.0 Å². The minimum atomic E-state index is -0.529. The summed E-state index contributed by atoms with van der Waals surface area (Å²) in [6.45, 7) is 1.69. The SMILES string of the molecule is CC(Sc1n[nH]c(/C=C/c2ccc(F)cc2)n1)C(=O)NC(=O)NC1CCCC1. The van der Waals surface area contributed by atoms with Crippen molar-refractivity contribution in [1.29, 1.82) is 0 Å². The van der Waals surface area contributed by atoms with Crippen LogP contribution >= 0.6 is 11.8 Å². The highest BCUT2D eigenvalue weighted by Crippen LogP contribution is 2.20. The molecule has 0 spiro atoms. The van der Waals surface area contributed by atoms with E-state index in [1.54, 1.807) is 31.2 Å². The smallest absolute Gasteiger partial charge is 0.321 e. The molecule has 1 aromatic heterocycles. The Balaban J connectivity index is 1.48. The van der Waals surface area contributed by atoms with Gasteiger partial charge in [0.15, 0.2) is 0 Å². The predicted octanol–water partition coefficient (Wildman–Crippen LogP) is 3.36. The third-order valence-corrected chi connectivity index (χ3v) is 5.33. The molecule has 1 unspecified atom stereocenters. The van der Waals surface area contributed by atoms with Gasteiger partial charge in [-0.1, -0.05) is 42.8 Å². The maximum Gasteiger partial charge on any atom is 0.321 e. The zero-order valence-electron chi connectivity index (χ0n) is 15.4. The van der Waals surface area contributed by atoms with Crippen LogP contribution in [0.25, 0.3) is 12.2 Å². The number of nitrogens with zero attached hydrogens (tertiary/aromatic N) is 2. The van der Waals surface area contributed by atoms with E-state index in [0.29, 0.717) is 11.0 Å². The van der Waals surface area contributed by atoms with Gasteiger partial charge in [-0.05, 0) is 43.5 Å². The highest BCUT2D eigenvalue weighted by Gasteiger charge is 2.22. The van der Waals surface area contributed by atoms with Crippen molar-refractivity contribution >= 4 is 35.9 Å². The molecule has 3 amide bonds. The molecule has 1 saturated carbocycles. The Labute approximate surface area is 166 Å². The van der Waals surface area contributed by atoms with Crippen LogP contribution in [0.5, 0.6) is 0 Å². The van der Waals surface area contributed by atoms with Crippen molar-refractivity contribution in [2.45, 2.75) is 49.1 Å². The first-order valence-corrected chi connectivity index (χ1v) is 10.0. The lowest BCUT2D eigenvalue weighted by atomic mass is 10.2. The molecule has 0 saturated heterocycles. The number of aromatic amines is 1. The molecule has 1 fully saturated rings. The van der Waals surface area contributed by atoms with Crippen molar-refractivity contribution in [3.63, 3.8) is 0 Å². The van der Waals surface area contributed by atoms with Gasteiger partial charge in [-0.3, -0.25) is 15.2 Å². The summed E-state index contributed by atoms with van der Waals surface area (Å²) >= 11 is 1.15. The van der Waals surface area contributed by atoms with E-state index in [2.05, 4.69) is 25.8 Å². The molecule has 1 aliphatic rings.